The zero-order valence-electron chi connectivity index (χ0n) is 13.4. The fourth-order valence-corrected chi connectivity index (χ4v) is 3.68. The topological polar surface area (TPSA) is 26.3 Å². The summed E-state index contributed by atoms with van der Waals surface area (Å²) < 4.78 is 5.48. The van der Waals surface area contributed by atoms with Gasteiger partial charge in [0.05, 0.1) is 7.11 Å². The molecule has 1 atom stereocenters. The molecule has 0 aliphatic carbocycles. The highest BCUT2D eigenvalue weighted by atomic mass is 32.2. The van der Waals surface area contributed by atoms with Gasteiger partial charge >= 0.3 is 0 Å². The van der Waals surface area contributed by atoms with Crippen LogP contribution in [0.2, 0.25) is 0 Å². The monoisotopic (exact) mass is 334 g/mol. The lowest BCUT2D eigenvalue weighted by Gasteiger charge is -2.19. The molecule has 3 aromatic carbocycles. The van der Waals surface area contributed by atoms with E-state index in [9.17, 15) is 4.79 Å². The van der Waals surface area contributed by atoms with Crippen LogP contribution in [-0.4, -0.2) is 12.9 Å². The number of ether oxygens (including phenoxy) is 1. The first kappa shape index (κ1) is 16.3. The molecule has 0 radical (unpaired) electrons. The Labute approximate surface area is 146 Å². The Kier molecular flexibility index (Phi) is 5.34. The molecule has 0 fully saturated rings. The molecular weight excluding hydrogens is 316 g/mol. The molecule has 24 heavy (non-hydrogen) atoms. The van der Waals surface area contributed by atoms with Crippen molar-refractivity contribution in [3.63, 3.8) is 0 Å². The summed E-state index contributed by atoms with van der Waals surface area (Å²) in [5.74, 6) is 0.809. The highest BCUT2D eigenvalue weighted by Crippen LogP contribution is 2.41. The number of thioether (sulfide) groups is 1. The fraction of sp³-hybridized carbons (Fsp3) is 0.0952. The third kappa shape index (κ3) is 3.69. The molecule has 3 rings (SSSR count). The van der Waals surface area contributed by atoms with E-state index in [0.29, 0.717) is 5.56 Å². The van der Waals surface area contributed by atoms with Gasteiger partial charge in [-0.2, -0.15) is 0 Å². The van der Waals surface area contributed by atoms with E-state index in [1.165, 1.54) is 0 Å². The number of benzene rings is 3. The maximum absolute atomic E-state index is 13.1. The minimum Gasteiger partial charge on any atom is -0.496 e. The highest BCUT2D eigenvalue weighted by molar-refractivity contribution is 8.00. The first-order valence-corrected chi connectivity index (χ1v) is 8.61. The van der Waals surface area contributed by atoms with Gasteiger partial charge in [0, 0.05) is 16.0 Å². The predicted molar refractivity (Wildman–Crippen MR) is 98.8 cm³/mol. The molecular formula is C21H18O2S. The smallest absolute Gasteiger partial charge is 0.180 e. The Bertz CT molecular complexity index is 800. The van der Waals surface area contributed by atoms with Crippen molar-refractivity contribution in [2.75, 3.05) is 7.11 Å². The maximum atomic E-state index is 13.1. The number of para-hydroxylation sites is 1. The van der Waals surface area contributed by atoms with Gasteiger partial charge in [-0.25, -0.2) is 0 Å². The van der Waals surface area contributed by atoms with Gasteiger partial charge in [0.1, 0.15) is 11.0 Å². The van der Waals surface area contributed by atoms with Crippen LogP contribution in [0.1, 0.15) is 21.2 Å². The molecule has 0 heterocycles. The number of carbonyl (C=O) groups is 1. The number of ketones is 1. The van der Waals surface area contributed by atoms with E-state index in [1.807, 2.05) is 84.9 Å². The molecule has 3 heteroatoms. The normalized spacial score (nSPS) is 11.7. The highest BCUT2D eigenvalue weighted by Gasteiger charge is 2.26. The summed E-state index contributed by atoms with van der Waals surface area (Å²) in [6.45, 7) is 0. The van der Waals surface area contributed by atoms with Gasteiger partial charge < -0.3 is 4.74 Å². The van der Waals surface area contributed by atoms with Crippen LogP contribution >= 0.6 is 11.8 Å². The largest absolute Gasteiger partial charge is 0.496 e. The van der Waals surface area contributed by atoms with Gasteiger partial charge in [-0.1, -0.05) is 66.7 Å². The number of carbonyl (C=O) groups excluding carboxylic acids is 1. The molecule has 0 aliphatic rings. The minimum atomic E-state index is -0.356. The molecule has 0 saturated carbocycles. The van der Waals surface area contributed by atoms with Gasteiger partial charge in [0.25, 0.3) is 0 Å². The fourth-order valence-electron chi connectivity index (χ4n) is 2.53. The summed E-state index contributed by atoms with van der Waals surface area (Å²) in [7, 11) is 1.63. The van der Waals surface area contributed by atoms with Crippen LogP contribution in [0.5, 0.6) is 5.75 Å². The summed E-state index contributed by atoms with van der Waals surface area (Å²) in [4.78, 5) is 14.2. The van der Waals surface area contributed by atoms with Crippen molar-refractivity contribution in [2.24, 2.45) is 0 Å². The van der Waals surface area contributed by atoms with E-state index in [2.05, 4.69) is 0 Å². The lowest BCUT2D eigenvalue weighted by Crippen LogP contribution is -2.11. The van der Waals surface area contributed by atoms with E-state index < -0.39 is 0 Å². The van der Waals surface area contributed by atoms with Crippen molar-refractivity contribution in [3.8, 4) is 5.75 Å². The molecule has 120 valence electrons. The van der Waals surface area contributed by atoms with Crippen molar-refractivity contribution in [3.05, 3.63) is 96.1 Å². The van der Waals surface area contributed by atoms with Crippen LogP contribution in [0.25, 0.3) is 0 Å². The van der Waals surface area contributed by atoms with Crippen LogP contribution in [-0.2, 0) is 0 Å². The van der Waals surface area contributed by atoms with E-state index in [1.54, 1.807) is 18.9 Å². The quantitative estimate of drug-likeness (QED) is 0.445. The molecule has 3 aromatic rings. The molecule has 0 aliphatic heterocycles. The molecule has 1 unspecified atom stereocenters. The molecule has 0 aromatic heterocycles. The number of methoxy groups -OCH3 is 1. The Hall–Kier alpha value is -2.52. The van der Waals surface area contributed by atoms with Crippen LogP contribution in [0.15, 0.2) is 89.8 Å². The van der Waals surface area contributed by atoms with Crippen molar-refractivity contribution < 1.29 is 9.53 Å². The Balaban J connectivity index is 2.02. The van der Waals surface area contributed by atoms with Crippen LogP contribution in [0, 0.1) is 0 Å². The summed E-state index contributed by atoms with van der Waals surface area (Å²) in [6.07, 6.45) is 0. The van der Waals surface area contributed by atoms with E-state index in [4.69, 9.17) is 4.74 Å². The van der Waals surface area contributed by atoms with Gasteiger partial charge in [-0.15, -0.1) is 11.8 Å². The molecule has 0 bridgehead atoms. The summed E-state index contributed by atoms with van der Waals surface area (Å²) >= 11 is 1.54. The molecule has 0 spiro atoms. The first-order valence-electron chi connectivity index (χ1n) is 7.73. The molecule has 0 amide bonds. The van der Waals surface area contributed by atoms with E-state index in [0.717, 1.165) is 16.2 Å². The van der Waals surface area contributed by atoms with Gasteiger partial charge in [0.2, 0.25) is 0 Å². The second kappa shape index (κ2) is 7.84. The Morgan fingerprint density at radius 2 is 1.42 bits per heavy atom. The summed E-state index contributed by atoms with van der Waals surface area (Å²) in [6, 6.07) is 27.1. The maximum Gasteiger partial charge on any atom is 0.180 e. The number of rotatable bonds is 6. The second-order valence-electron chi connectivity index (χ2n) is 5.28. The number of Topliss-reactive ketones (excluding diaryl/α,β-unsaturated/α-hetero) is 1. The minimum absolute atomic E-state index is 0.0777. The molecule has 2 nitrogen and oxygen atoms in total. The predicted octanol–water partition coefficient (Wildman–Crippen LogP) is 5.41. The second-order valence-corrected chi connectivity index (χ2v) is 6.46. The van der Waals surface area contributed by atoms with Crippen LogP contribution < -0.4 is 4.74 Å². The third-order valence-electron chi connectivity index (χ3n) is 3.71. The van der Waals surface area contributed by atoms with Gasteiger partial charge in [-0.05, 0) is 18.2 Å². The van der Waals surface area contributed by atoms with E-state index in [-0.39, 0.29) is 11.0 Å². The lowest BCUT2D eigenvalue weighted by atomic mass is 10.0. The lowest BCUT2D eigenvalue weighted by molar-refractivity contribution is 0.0988. The molecule has 0 N–H and O–H groups in total. The summed E-state index contributed by atoms with van der Waals surface area (Å²) in [5, 5.41) is -0.356. The Morgan fingerprint density at radius 3 is 2.08 bits per heavy atom. The Morgan fingerprint density at radius 1 is 0.833 bits per heavy atom. The standard InChI is InChI=1S/C21H18O2S/c1-23-19-15-9-8-14-18(19)21(24-17-12-6-3-7-13-17)20(22)16-10-4-2-5-11-16/h2-15,21H,1H3. The SMILES string of the molecule is COc1ccccc1C(Sc1ccccc1)C(=O)c1ccccc1. The number of hydrogen-bond acceptors (Lipinski definition) is 3. The zero-order valence-corrected chi connectivity index (χ0v) is 14.2. The van der Waals surface area contributed by atoms with Gasteiger partial charge in [0.15, 0.2) is 5.78 Å². The van der Waals surface area contributed by atoms with Crippen molar-refractivity contribution in [1.29, 1.82) is 0 Å². The van der Waals surface area contributed by atoms with Crippen molar-refractivity contribution in [2.45, 2.75) is 10.1 Å². The van der Waals surface area contributed by atoms with E-state index >= 15 is 0 Å². The number of hydrogen-bond donors (Lipinski definition) is 0. The van der Waals surface area contributed by atoms with Gasteiger partial charge in [-0.3, -0.25) is 4.79 Å². The zero-order chi connectivity index (χ0) is 16.8. The van der Waals surface area contributed by atoms with Crippen molar-refractivity contribution in [1.82, 2.24) is 0 Å². The van der Waals surface area contributed by atoms with Crippen LogP contribution in [0.4, 0.5) is 0 Å². The van der Waals surface area contributed by atoms with Crippen LogP contribution in [0.3, 0.4) is 0 Å². The first-order chi connectivity index (χ1) is 11.8. The van der Waals surface area contributed by atoms with Crippen molar-refractivity contribution >= 4 is 17.5 Å². The summed E-state index contributed by atoms with van der Waals surface area (Å²) in [5.41, 5.74) is 1.60. The average Bonchev–Trinajstić information content (AvgIpc) is 2.67. The molecule has 0 saturated heterocycles. The average molecular weight is 334 g/mol. The third-order valence-corrected chi connectivity index (χ3v) is 4.96.